The van der Waals surface area contributed by atoms with Gasteiger partial charge < -0.3 is 9.42 Å². The highest BCUT2D eigenvalue weighted by Crippen LogP contribution is 2.31. The normalized spacial score (nSPS) is 23.3. The van der Waals surface area contributed by atoms with E-state index in [-0.39, 0.29) is 6.04 Å². The van der Waals surface area contributed by atoms with Crippen molar-refractivity contribution < 1.29 is 4.52 Å². The number of hydrogen-bond acceptors (Lipinski definition) is 5. The fourth-order valence-corrected chi connectivity index (χ4v) is 3.94. The maximum atomic E-state index is 5.64. The first-order chi connectivity index (χ1) is 11.7. The lowest BCUT2D eigenvalue weighted by Crippen LogP contribution is -2.31. The second-order valence-electron chi connectivity index (χ2n) is 7.40. The fraction of sp³-hybridized carbons (Fsp3) is 0.579. The van der Waals surface area contributed by atoms with E-state index in [0.717, 1.165) is 31.1 Å². The molecule has 0 spiro atoms. The molecule has 0 aliphatic carbocycles. The van der Waals surface area contributed by atoms with Crippen molar-refractivity contribution in [1.82, 2.24) is 19.9 Å². The Morgan fingerprint density at radius 3 is 2.67 bits per heavy atom. The van der Waals surface area contributed by atoms with Crippen molar-refractivity contribution in [3.63, 3.8) is 0 Å². The van der Waals surface area contributed by atoms with Crippen LogP contribution in [-0.2, 0) is 19.4 Å². The number of aromatic nitrogens is 2. The highest BCUT2D eigenvalue weighted by molar-refractivity contribution is 5.30. The zero-order valence-corrected chi connectivity index (χ0v) is 14.6. The Morgan fingerprint density at radius 2 is 1.88 bits per heavy atom. The Bertz CT molecular complexity index is 690. The summed E-state index contributed by atoms with van der Waals surface area (Å²) in [6, 6.07) is 8.84. The summed E-state index contributed by atoms with van der Waals surface area (Å²) < 4.78 is 5.64. The average Bonchev–Trinajstić information content (AvgIpc) is 3.04. The minimum atomic E-state index is 0.193. The Hall–Kier alpha value is -1.72. The van der Waals surface area contributed by atoms with Crippen LogP contribution >= 0.6 is 0 Å². The maximum absolute atomic E-state index is 5.64. The highest BCUT2D eigenvalue weighted by Gasteiger charge is 2.29. The minimum absolute atomic E-state index is 0.193. The largest absolute Gasteiger partial charge is 0.338 e. The quantitative estimate of drug-likeness (QED) is 0.868. The maximum Gasteiger partial charge on any atom is 0.244 e. The van der Waals surface area contributed by atoms with E-state index in [1.165, 1.54) is 37.1 Å². The number of rotatable bonds is 3. The van der Waals surface area contributed by atoms with Gasteiger partial charge in [-0.3, -0.25) is 4.90 Å². The highest BCUT2D eigenvalue weighted by atomic mass is 16.5. The van der Waals surface area contributed by atoms with Crippen LogP contribution in [-0.4, -0.2) is 47.1 Å². The predicted octanol–water partition coefficient (Wildman–Crippen LogP) is 2.68. The smallest absolute Gasteiger partial charge is 0.244 e. The molecule has 1 unspecified atom stereocenters. The van der Waals surface area contributed by atoms with Crippen molar-refractivity contribution in [2.24, 2.45) is 5.92 Å². The molecule has 5 heteroatoms. The van der Waals surface area contributed by atoms with Gasteiger partial charge in [0, 0.05) is 13.0 Å². The van der Waals surface area contributed by atoms with Gasteiger partial charge in [0.05, 0.1) is 6.04 Å². The van der Waals surface area contributed by atoms with E-state index >= 15 is 0 Å². The Labute approximate surface area is 143 Å². The second kappa shape index (κ2) is 6.65. The summed E-state index contributed by atoms with van der Waals surface area (Å²) in [7, 11) is 4.33. The molecule has 1 atom stereocenters. The van der Waals surface area contributed by atoms with Crippen molar-refractivity contribution in [2.45, 2.75) is 38.3 Å². The van der Waals surface area contributed by atoms with E-state index in [0.29, 0.717) is 5.92 Å². The Kier molecular flexibility index (Phi) is 4.37. The van der Waals surface area contributed by atoms with Gasteiger partial charge >= 0.3 is 0 Å². The number of piperidine rings is 1. The molecule has 2 aromatic rings. The molecule has 1 aromatic carbocycles. The molecule has 0 radical (unpaired) electrons. The molecule has 0 bridgehead atoms. The molecule has 0 saturated carbocycles. The summed E-state index contributed by atoms with van der Waals surface area (Å²) in [6.07, 6.45) is 4.36. The van der Waals surface area contributed by atoms with Gasteiger partial charge in [-0.2, -0.15) is 4.98 Å². The predicted molar refractivity (Wildman–Crippen MR) is 92.6 cm³/mol. The van der Waals surface area contributed by atoms with Crippen molar-refractivity contribution in [2.75, 3.05) is 27.2 Å². The zero-order chi connectivity index (χ0) is 16.5. The third-order valence-corrected chi connectivity index (χ3v) is 5.56. The van der Waals surface area contributed by atoms with Crippen LogP contribution < -0.4 is 0 Å². The first-order valence-electron chi connectivity index (χ1n) is 8.97. The molecule has 3 heterocycles. The van der Waals surface area contributed by atoms with E-state index < -0.39 is 0 Å². The van der Waals surface area contributed by atoms with Gasteiger partial charge in [-0.1, -0.05) is 29.4 Å². The molecule has 24 heavy (non-hydrogen) atoms. The first-order valence-corrected chi connectivity index (χ1v) is 8.97. The Morgan fingerprint density at radius 1 is 1.12 bits per heavy atom. The van der Waals surface area contributed by atoms with Crippen molar-refractivity contribution >= 4 is 0 Å². The molecular formula is C19H26N4O. The third kappa shape index (κ3) is 3.23. The minimum Gasteiger partial charge on any atom is -0.338 e. The lowest BCUT2D eigenvalue weighted by molar-refractivity contribution is 0.173. The van der Waals surface area contributed by atoms with E-state index in [1.54, 1.807) is 0 Å². The van der Waals surface area contributed by atoms with Crippen molar-refractivity contribution in [1.29, 1.82) is 0 Å². The van der Waals surface area contributed by atoms with Gasteiger partial charge in [-0.05, 0) is 63.5 Å². The van der Waals surface area contributed by atoms with Crippen molar-refractivity contribution in [3.05, 3.63) is 47.1 Å². The summed E-state index contributed by atoms with van der Waals surface area (Å²) in [5.41, 5.74) is 2.80. The van der Waals surface area contributed by atoms with Crippen molar-refractivity contribution in [3.8, 4) is 0 Å². The number of hydrogen-bond donors (Lipinski definition) is 0. The van der Waals surface area contributed by atoms with Crippen LogP contribution in [0.2, 0.25) is 0 Å². The summed E-state index contributed by atoms with van der Waals surface area (Å²) in [6.45, 7) is 3.29. The molecule has 2 aliphatic heterocycles. The van der Waals surface area contributed by atoms with Crippen LogP contribution in [0.3, 0.4) is 0 Å². The fourth-order valence-electron chi connectivity index (χ4n) is 3.94. The zero-order valence-electron chi connectivity index (χ0n) is 14.6. The molecule has 4 rings (SSSR count). The molecule has 0 N–H and O–H groups in total. The lowest BCUT2D eigenvalue weighted by atomic mass is 9.93. The van der Waals surface area contributed by atoms with Crippen LogP contribution in [0.4, 0.5) is 0 Å². The number of fused-ring (bicyclic) bond motifs is 1. The molecule has 5 nitrogen and oxygen atoms in total. The molecule has 0 amide bonds. The number of benzene rings is 1. The SMILES string of the molecule is CN1CCC(Cc2noc(C3Cc4ccccc4CN3C)n2)CC1. The average molecular weight is 326 g/mol. The van der Waals surface area contributed by atoms with Gasteiger partial charge in [-0.15, -0.1) is 0 Å². The number of likely N-dealkylation sites (tertiary alicyclic amines) is 1. The molecule has 128 valence electrons. The van der Waals surface area contributed by atoms with Crippen LogP contribution in [0.15, 0.2) is 28.8 Å². The first kappa shape index (κ1) is 15.8. The molecule has 1 saturated heterocycles. The molecule has 2 aliphatic rings. The summed E-state index contributed by atoms with van der Waals surface area (Å²) in [5.74, 6) is 2.35. The van der Waals surface area contributed by atoms with Gasteiger partial charge in [0.15, 0.2) is 5.82 Å². The van der Waals surface area contributed by atoms with Gasteiger partial charge in [-0.25, -0.2) is 0 Å². The standard InChI is InChI=1S/C19H26N4O/c1-22-9-7-14(8-10-22)11-18-20-19(24-21-18)17-12-15-5-3-4-6-16(15)13-23(17)2/h3-6,14,17H,7-13H2,1-2H3. The number of likely N-dealkylation sites (N-methyl/N-ethyl adjacent to an activating group) is 1. The number of nitrogens with zero attached hydrogens (tertiary/aromatic N) is 4. The van der Waals surface area contributed by atoms with Gasteiger partial charge in [0.1, 0.15) is 0 Å². The van der Waals surface area contributed by atoms with Crippen LogP contribution in [0.1, 0.15) is 41.7 Å². The third-order valence-electron chi connectivity index (χ3n) is 5.56. The molecule has 1 aromatic heterocycles. The van der Waals surface area contributed by atoms with Crippen LogP contribution in [0, 0.1) is 5.92 Å². The Balaban J connectivity index is 1.45. The summed E-state index contributed by atoms with van der Waals surface area (Å²) >= 11 is 0. The monoisotopic (exact) mass is 326 g/mol. The molecule has 1 fully saturated rings. The summed E-state index contributed by atoms with van der Waals surface area (Å²) in [5, 5.41) is 4.27. The topological polar surface area (TPSA) is 45.4 Å². The van der Waals surface area contributed by atoms with E-state index in [4.69, 9.17) is 9.51 Å². The van der Waals surface area contributed by atoms with E-state index in [2.05, 4.69) is 53.3 Å². The van der Waals surface area contributed by atoms with Gasteiger partial charge in [0.25, 0.3) is 0 Å². The van der Waals surface area contributed by atoms with Crippen LogP contribution in [0.25, 0.3) is 0 Å². The molecular weight excluding hydrogens is 300 g/mol. The lowest BCUT2D eigenvalue weighted by Gasteiger charge is -2.31. The van der Waals surface area contributed by atoms with E-state index in [1.807, 2.05) is 0 Å². The van der Waals surface area contributed by atoms with Crippen LogP contribution in [0.5, 0.6) is 0 Å². The van der Waals surface area contributed by atoms with E-state index in [9.17, 15) is 0 Å². The second-order valence-corrected chi connectivity index (χ2v) is 7.40. The van der Waals surface area contributed by atoms with Gasteiger partial charge in [0.2, 0.25) is 5.89 Å². The summed E-state index contributed by atoms with van der Waals surface area (Å²) in [4.78, 5) is 9.45.